The molecule has 1 aliphatic carbocycles. The van der Waals surface area contributed by atoms with Crippen LogP contribution in [0.5, 0.6) is 0 Å². The second-order valence-corrected chi connectivity index (χ2v) is 9.64. The summed E-state index contributed by atoms with van der Waals surface area (Å²) in [5.41, 5.74) is 4.41. The van der Waals surface area contributed by atoms with Gasteiger partial charge in [0.25, 0.3) is 11.8 Å². The number of tetrazole rings is 1. The zero-order chi connectivity index (χ0) is 24.4. The van der Waals surface area contributed by atoms with Gasteiger partial charge in [0, 0.05) is 23.1 Å². The Morgan fingerprint density at radius 3 is 2.71 bits per heavy atom. The fraction of sp³-hybridized carbons (Fsp3) is 0.292. The summed E-state index contributed by atoms with van der Waals surface area (Å²) >= 11 is 1.68. The largest absolute Gasteiger partial charge is 0.347 e. The average molecular weight is 489 g/mol. The number of fused-ring (bicyclic) bond motifs is 1. The molecule has 11 heteroatoms. The van der Waals surface area contributed by atoms with E-state index in [0.717, 1.165) is 35.1 Å². The first-order chi connectivity index (χ1) is 17.0. The first-order valence-corrected chi connectivity index (χ1v) is 12.2. The van der Waals surface area contributed by atoms with Crippen molar-refractivity contribution in [2.75, 3.05) is 0 Å². The summed E-state index contributed by atoms with van der Waals surface area (Å²) in [6, 6.07) is 9.30. The van der Waals surface area contributed by atoms with Crippen LogP contribution in [0, 0.1) is 0 Å². The van der Waals surface area contributed by atoms with Crippen molar-refractivity contribution in [3.8, 4) is 11.4 Å². The Hall–Kier alpha value is -3.99. The molecule has 0 bridgehead atoms. The highest BCUT2D eigenvalue weighted by Gasteiger charge is 2.26. The maximum atomic E-state index is 12.9. The number of nitrogens with zero attached hydrogens (tertiary/aromatic N) is 5. The Balaban J connectivity index is 1.23. The van der Waals surface area contributed by atoms with E-state index >= 15 is 0 Å². The van der Waals surface area contributed by atoms with Crippen LogP contribution in [0.1, 0.15) is 74.8 Å². The molecule has 2 amide bonds. The van der Waals surface area contributed by atoms with Crippen LogP contribution in [0.25, 0.3) is 11.4 Å². The van der Waals surface area contributed by atoms with E-state index in [-0.39, 0.29) is 29.2 Å². The number of nitrogens with one attached hydrogen (secondary N) is 3. The standard InChI is InChI=1S/C24H24N8O2S/c1-13(2)21-7-14(11-35-21)10-25-23(33)19-9-20(27-12-26-19)24(34)28-18-6-4-15-8-16(3-5-17(15)18)22-29-31-32-30-22/h3,5,7-9,11-13,18H,4,6,10H2,1-2H3,(H,25,33)(H,28,34)(H,29,30,31,32)/t18-/m0/s1. The van der Waals surface area contributed by atoms with Crippen molar-refractivity contribution in [2.24, 2.45) is 0 Å². The molecule has 1 aromatic carbocycles. The molecule has 178 valence electrons. The molecule has 1 atom stereocenters. The number of rotatable bonds is 7. The molecule has 0 saturated heterocycles. The van der Waals surface area contributed by atoms with Gasteiger partial charge in [0.2, 0.25) is 5.82 Å². The summed E-state index contributed by atoms with van der Waals surface area (Å²) < 4.78 is 0. The molecule has 3 N–H and O–H groups in total. The molecule has 0 radical (unpaired) electrons. The smallest absolute Gasteiger partial charge is 0.270 e. The second kappa shape index (κ2) is 9.71. The summed E-state index contributed by atoms with van der Waals surface area (Å²) in [6.45, 7) is 4.68. The Kier molecular flexibility index (Phi) is 6.32. The van der Waals surface area contributed by atoms with E-state index in [4.69, 9.17) is 0 Å². The Labute approximate surface area is 205 Å². The topological polar surface area (TPSA) is 138 Å². The van der Waals surface area contributed by atoms with Gasteiger partial charge in [0.05, 0.1) is 6.04 Å². The van der Waals surface area contributed by atoms with Crippen LogP contribution in [-0.4, -0.2) is 42.4 Å². The molecule has 0 unspecified atom stereocenters. The molecule has 5 rings (SSSR count). The Morgan fingerprint density at radius 2 is 1.97 bits per heavy atom. The average Bonchev–Trinajstić information content (AvgIpc) is 3.64. The molecular weight excluding hydrogens is 464 g/mol. The van der Waals surface area contributed by atoms with Gasteiger partial charge in [-0.1, -0.05) is 26.0 Å². The maximum absolute atomic E-state index is 12.9. The number of hydrogen-bond acceptors (Lipinski definition) is 8. The molecule has 0 fully saturated rings. The summed E-state index contributed by atoms with van der Waals surface area (Å²) in [4.78, 5) is 34.9. The highest BCUT2D eigenvalue weighted by molar-refractivity contribution is 7.10. The van der Waals surface area contributed by atoms with E-state index in [9.17, 15) is 9.59 Å². The second-order valence-electron chi connectivity index (χ2n) is 8.70. The molecule has 3 heterocycles. The summed E-state index contributed by atoms with van der Waals surface area (Å²) in [6.07, 6.45) is 2.84. The molecule has 4 aromatic rings. The Morgan fingerprint density at radius 1 is 1.14 bits per heavy atom. The lowest BCUT2D eigenvalue weighted by Gasteiger charge is -2.14. The van der Waals surface area contributed by atoms with Crippen molar-refractivity contribution in [3.05, 3.63) is 75.0 Å². The number of benzene rings is 1. The highest BCUT2D eigenvalue weighted by Crippen LogP contribution is 2.33. The van der Waals surface area contributed by atoms with E-state index in [0.29, 0.717) is 18.3 Å². The quantitative estimate of drug-likeness (QED) is 0.363. The van der Waals surface area contributed by atoms with E-state index < -0.39 is 0 Å². The van der Waals surface area contributed by atoms with Gasteiger partial charge in [0.1, 0.15) is 17.7 Å². The number of amides is 2. The monoisotopic (exact) mass is 488 g/mol. The van der Waals surface area contributed by atoms with Crippen LogP contribution in [0.15, 0.2) is 42.0 Å². The molecule has 35 heavy (non-hydrogen) atoms. The summed E-state index contributed by atoms with van der Waals surface area (Å²) in [5, 5.41) is 22.0. The number of carbonyl (C=O) groups excluding carboxylic acids is 2. The fourth-order valence-corrected chi connectivity index (χ4v) is 5.02. The number of aromatic amines is 1. The minimum Gasteiger partial charge on any atom is -0.347 e. The van der Waals surface area contributed by atoms with Gasteiger partial charge in [-0.25, -0.2) is 9.97 Å². The normalized spacial score (nSPS) is 14.7. The van der Waals surface area contributed by atoms with Crippen molar-refractivity contribution >= 4 is 23.2 Å². The van der Waals surface area contributed by atoms with Crippen LogP contribution >= 0.6 is 11.3 Å². The zero-order valence-electron chi connectivity index (χ0n) is 19.3. The van der Waals surface area contributed by atoms with E-state index in [1.54, 1.807) is 11.3 Å². The number of aromatic nitrogens is 6. The van der Waals surface area contributed by atoms with Crippen LogP contribution in [0.4, 0.5) is 0 Å². The van der Waals surface area contributed by atoms with Gasteiger partial charge in [0.15, 0.2) is 0 Å². The molecule has 0 aliphatic heterocycles. The number of H-pyrrole nitrogens is 1. The van der Waals surface area contributed by atoms with E-state index in [1.165, 1.54) is 17.3 Å². The lowest BCUT2D eigenvalue weighted by atomic mass is 10.0. The van der Waals surface area contributed by atoms with Crippen LogP contribution in [0.3, 0.4) is 0 Å². The van der Waals surface area contributed by atoms with Crippen LogP contribution in [-0.2, 0) is 13.0 Å². The highest BCUT2D eigenvalue weighted by atomic mass is 32.1. The third-order valence-corrected chi connectivity index (χ3v) is 7.24. The maximum Gasteiger partial charge on any atom is 0.270 e. The minimum atomic E-state index is -0.348. The third-order valence-electron chi connectivity index (χ3n) is 5.96. The zero-order valence-corrected chi connectivity index (χ0v) is 20.1. The van der Waals surface area contributed by atoms with Gasteiger partial charge in [-0.2, -0.15) is 5.21 Å². The van der Waals surface area contributed by atoms with Crippen molar-refractivity contribution < 1.29 is 9.59 Å². The SMILES string of the molecule is CC(C)c1cc(CNC(=O)c2cc(C(=O)N[C@H]3CCc4cc(-c5nn[nH]n5)ccc43)ncn2)cs1. The summed E-state index contributed by atoms with van der Waals surface area (Å²) in [7, 11) is 0. The van der Waals surface area contributed by atoms with Crippen LogP contribution < -0.4 is 10.6 Å². The number of carbonyl (C=O) groups is 2. The Bertz CT molecular complexity index is 1370. The predicted octanol–water partition coefficient (Wildman–Crippen LogP) is 3.19. The fourth-order valence-electron chi connectivity index (χ4n) is 4.09. The van der Waals surface area contributed by atoms with Crippen LogP contribution in [0.2, 0.25) is 0 Å². The van der Waals surface area contributed by atoms with Crippen molar-refractivity contribution in [1.82, 2.24) is 41.2 Å². The minimum absolute atomic E-state index is 0.141. The molecule has 10 nitrogen and oxygen atoms in total. The van der Waals surface area contributed by atoms with Gasteiger partial charge < -0.3 is 10.6 Å². The van der Waals surface area contributed by atoms with Gasteiger partial charge in [-0.15, -0.1) is 21.5 Å². The van der Waals surface area contributed by atoms with Crippen molar-refractivity contribution in [1.29, 1.82) is 0 Å². The molecule has 0 spiro atoms. The van der Waals surface area contributed by atoms with Crippen molar-refractivity contribution in [3.63, 3.8) is 0 Å². The lowest BCUT2D eigenvalue weighted by Crippen LogP contribution is -2.29. The molecule has 1 aliphatic rings. The molecular formula is C24H24N8O2S. The van der Waals surface area contributed by atoms with Gasteiger partial charge in [-0.3, -0.25) is 9.59 Å². The molecule has 3 aromatic heterocycles. The lowest BCUT2D eigenvalue weighted by molar-refractivity contribution is 0.0931. The van der Waals surface area contributed by atoms with Crippen molar-refractivity contribution in [2.45, 2.75) is 45.2 Å². The first-order valence-electron chi connectivity index (χ1n) is 11.3. The predicted molar refractivity (Wildman–Crippen MR) is 130 cm³/mol. The molecule has 0 saturated carbocycles. The van der Waals surface area contributed by atoms with E-state index in [1.807, 2.05) is 23.6 Å². The third kappa shape index (κ3) is 4.94. The number of aryl methyl sites for hydroxylation is 1. The first kappa shape index (κ1) is 22.8. The van der Waals surface area contributed by atoms with Gasteiger partial charge in [-0.05, 0) is 58.2 Å². The summed E-state index contributed by atoms with van der Waals surface area (Å²) in [5.74, 6) is 0.290. The van der Waals surface area contributed by atoms with Gasteiger partial charge >= 0.3 is 0 Å². The number of hydrogen-bond donors (Lipinski definition) is 3. The number of thiophene rings is 1. The van der Waals surface area contributed by atoms with E-state index in [2.05, 4.69) is 61.1 Å².